The summed E-state index contributed by atoms with van der Waals surface area (Å²) in [7, 11) is 0. The lowest BCUT2D eigenvalue weighted by Crippen LogP contribution is -2.04. The Morgan fingerprint density at radius 1 is 1.37 bits per heavy atom. The fourth-order valence-electron chi connectivity index (χ4n) is 1.64. The van der Waals surface area contributed by atoms with E-state index < -0.39 is 0 Å². The van der Waals surface area contributed by atoms with E-state index >= 15 is 0 Å². The van der Waals surface area contributed by atoms with Crippen molar-refractivity contribution in [3.8, 4) is 5.75 Å². The summed E-state index contributed by atoms with van der Waals surface area (Å²) in [5, 5.41) is 3.73. The van der Waals surface area contributed by atoms with Gasteiger partial charge in [-0.1, -0.05) is 23.4 Å². The van der Waals surface area contributed by atoms with Crippen LogP contribution in [0.25, 0.3) is 12.2 Å². The lowest BCUT2D eigenvalue weighted by molar-refractivity contribution is 0.262. The Hall–Kier alpha value is -2.14. The number of benzene rings is 1. The van der Waals surface area contributed by atoms with Crippen LogP contribution in [0.15, 0.2) is 28.8 Å². The van der Waals surface area contributed by atoms with E-state index in [1.54, 1.807) is 13.0 Å². The molecule has 2 heterocycles. The van der Waals surface area contributed by atoms with E-state index in [1.165, 1.54) is 0 Å². The van der Waals surface area contributed by atoms with Gasteiger partial charge in [0.1, 0.15) is 18.5 Å². The fourth-order valence-corrected chi connectivity index (χ4v) is 1.64. The number of rotatable bonds is 5. The van der Waals surface area contributed by atoms with Crippen LogP contribution in [0, 0.1) is 6.92 Å². The van der Waals surface area contributed by atoms with Gasteiger partial charge in [-0.15, -0.1) is 0 Å². The van der Waals surface area contributed by atoms with E-state index in [9.17, 15) is 0 Å². The van der Waals surface area contributed by atoms with Gasteiger partial charge in [0.25, 0.3) is 5.89 Å². The van der Waals surface area contributed by atoms with Crippen molar-refractivity contribution < 1.29 is 14.0 Å². The molecule has 1 fully saturated rings. The largest absolute Gasteiger partial charge is 0.490 e. The van der Waals surface area contributed by atoms with E-state index in [1.807, 2.05) is 30.3 Å². The van der Waals surface area contributed by atoms with Crippen molar-refractivity contribution in [1.82, 2.24) is 10.1 Å². The molecule has 0 bridgehead atoms. The fraction of sp³-hybridized carbons (Fsp3) is 0.286. The number of epoxide rings is 1. The minimum atomic E-state index is 0.246. The standard InChI is InChI=1S/C14H14N2O3/c1-10-15-14(19-16-10)7-6-11-4-2-3-5-13(11)18-9-12-8-17-12/h2-7,12H,8-9H2,1H3/t12-/m0/s1. The minimum Gasteiger partial charge on any atom is -0.490 e. The van der Waals surface area contributed by atoms with Crippen LogP contribution in [0.2, 0.25) is 0 Å². The van der Waals surface area contributed by atoms with Crippen LogP contribution >= 0.6 is 0 Å². The van der Waals surface area contributed by atoms with Crippen LogP contribution in [-0.4, -0.2) is 29.5 Å². The number of para-hydroxylation sites is 1. The Bertz CT molecular complexity index is 588. The van der Waals surface area contributed by atoms with E-state index in [0.717, 1.165) is 17.9 Å². The van der Waals surface area contributed by atoms with Crippen LogP contribution in [0.1, 0.15) is 17.3 Å². The van der Waals surface area contributed by atoms with Crippen LogP contribution in [-0.2, 0) is 4.74 Å². The molecule has 0 amide bonds. The molecule has 0 N–H and O–H groups in total. The second-order valence-electron chi connectivity index (χ2n) is 4.32. The van der Waals surface area contributed by atoms with Crippen LogP contribution in [0.5, 0.6) is 5.75 Å². The molecule has 0 saturated carbocycles. The lowest BCUT2D eigenvalue weighted by Gasteiger charge is -2.07. The average Bonchev–Trinajstić information content (AvgIpc) is 3.17. The maximum atomic E-state index is 5.71. The van der Waals surface area contributed by atoms with E-state index in [4.69, 9.17) is 14.0 Å². The predicted octanol–water partition coefficient (Wildman–Crippen LogP) is 2.33. The zero-order chi connectivity index (χ0) is 13.1. The number of hydrogen-bond acceptors (Lipinski definition) is 5. The van der Waals surface area contributed by atoms with Gasteiger partial charge >= 0.3 is 0 Å². The summed E-state index contributed by atoms with van der Waals surface area (Å²) in [5.41, 5.74) is 0.971. The smallest absolute Gasteiger partial charge is 0.250 e. The number of nitrogens with zero attached hydrogens (tertiary/aromatic N) is 2. The van der Waals surface area contributed by atoms with Crippen molar-refractivity contribution in [2.24, 2.45) is 0 Å². The van der Waals surface area contributed by atoms with E-state index in [2.05, 4.69) is 10.1 Å². The third-order valence-electron chi connectivity index (χ3n) is 2.69. The monoisotopic (exact) mass is 258 g/mol. The minimum absolute atomic E-state index is 0.246. The van der Waals surface area contributed by atoms with Crippen molar-refractivity contribution in [3.63, 3.8) is 0 Å². The highest BCUT2D eigenvalue weighted by molar-refractivity contribution is 5.69. The molecule has 3 rings (SSSR count). The van der Waals surface area contributed by atoms with Crippen molar-refractivity contribution in [2.75, 3.05) is 13.2 Å². The van der Waals surface area contributed by atoms with Crippen molar-refractivity contribution in [1.29, 1.82) is 0 Å². The Labute approximate surface area is 110 Å². The molecule has 0 aliphatic carbocycles. The zero-order valence-electron chi connectivity index (χ0n) is 10.6. The Morgan fingerprint density at radius 2 is 2.21 bits per heavy atom. The SMILES string of the molecule is Cc1noc(C=Cc2ccccc2OC[C@@H]2CO2)n1. The summed E-state index contributed by atoms with van der Waals surface area (Å²) in [4.78, 5) is 4.11. The van der Waals surface area contributed by atoms with Crippen LogP contribution in [0.4, 0.5) is 0 Å². The first-order valence-electron chi connectivity index (χ1n) is 6.13. The lowest BCUT2D eigenvalue weighted by atomic mass is 10.2. The van der Waals surface area contributed by atoms with Gasteiger partial charge in [0.15, 0.2) is 5.82 Å². The maximum absolute atomic E-state index is 5.71. The number of ether oxygens (including phenoxy) is 2. The summed E-state index contributed by atoms with van der Waals surface area (Å²) in [5.74, 6) is 1.93. The van der Waals surface area contributed by atoms with Gasteiger partial charge in [-0.25, -0.2) is 0 Å². The van der Waals surface area contributed by atoms with Crippen molar-refractivity contribution in [2.45, 2.75) is 13.0 Å². The number of hydrogen-bond donors (Lipinski definition) is 0. The highest BCUT2D eigenvalue weighted by Crippen LogP contribution is 2.22. The van der Waals surface area contributed by atoms with Crippen LogP contribution < -0.4 is 4.74 Å². The molecule has 0 unspecified atom stereocenters. The molecule has 0 spiro atoms. The molecule has 98 valence electrons. The second kappa shape index (κ2) is 5.24. The molecular weight excluding hydrogens is 244 g/mol. The van der Waals surface area contributed by atoms with Gasteiger partial charge in [-0.2, -0.15) is 4.98 Å². The zero-order valence-corrected chi connectivity index (χ0v) is 10.6. The van der Waals surface area contributed by atoms with Gasteiger partial charge in [-0.3, -0.25) is 0 Å². The molecule has 1 aliphatic heterocycles. The van der Waals surface area contributed by atoms with Gasteiger partial charge in [0.05, 0.1) is 6.61 Å². The molecule has 1 saturated heterocycles. The summed E-state index contributed by atoms with van der Waals surface area (Å²) in [6.07, 6.45) is 3.92. The topological polar surface area (TPSA) is 60.7 Å². The molecule has 1 aliphatic rings. The highest BCUT2D eigenvalue weighted by atomic mass is 16.6. The molecule has 5 nitrogen and oxygen atoms in total. The van der Waals surface area contributed by atoms with Crippen LogP contribution in [0.3, 0.4) is 0 Å². The maximum Gasteiger partial charge on any atom is 0.250 e. The first-order chi connectivity index (χ1) is 9.31. The average molecular weight is 258 g/mol. The first kappa shape index (κ1) is 11.9. The third-order valence-corrected chi connectivity index (χ3v) is 2.69. The molecular formula is C14H14N2O3. The summed E-state index contributed by atoms with van der Waals surface area (Å²) in [6, 6.07) is 7.81. The molecule has 19 heavy (non-hydrogen) atoms. The van der Waals surface area contributed by atoms with Crippen molar-refractivity contribution >= 4 is 12.2 Å². The summed E-state index contributed by atoms with van der Waals surface area (Å²) < 4.78 is 15.9. The molecule has 1 aromatic heterocycles. The van der Waals surface area contributed by atoms with Gasteiger partial charge in [0, 0.05) is 11.6 Å². The van der Waals surface area contributed by atoms with E-state index in [0.29, 0.717) is 18.3 Å². The molecule has 5 heteroatoms. The first-order valence-corrected chi connectivity index (χ1v) is 6.13. The third kappa shape index (κ3) is 3.20. The summed E-state index contributed by atoms with van der Waals surface area (Å²) >= 11 is 0. The van der Waals surface area contributed by atoms with E-state index in [-0.39, 0.29) is 6.10 Å². The quantitative estimate of drug-likeness (QED) is 0.770. The normalized spacial score (nSPS) is 17.8. The molecule has 0 radical (unpaired) electrons. The second-order valence-corrected chi connectivity index (χ2v) is 4.32. The van der Waals surface area contributed by atoms with Gasteiger partial charge in [0.2, 0.25) is 0 Å². The summed E-state index contributed by atoms with van der Waals surface area (Å²) in [6.45, 7) is 3.16. The Balaban J connectivity index is 1.73. The number of aromatic nitrogens is 2. The highest BCUT2D eigenvalue weighted by Gasteiger charge is 2.23. The Morgan fingerprint density at radius 3 is 2.95 bits per heavy atom. The number of aryl methyl sites for hydroxylation is 1. The predicted molar refractivity (Wildman–Crippen MR) is 69.6 cm³/mol. The van der Waals surface area contributed by atoms with Gasteiger partial charge in [-0.05, 0) is 19.1 Å². The molecule has 1 aromatic carbocycles. The Kier molecular flexibility index (Phi) is 3.29. The molecule has 2 aromatic rings. The van der Waals surface area contributed by atoms with Crippen molar-refractivity contribution in [3.05, 3.63) is 41.5 Å². The molecule has 1 atom stereocenters. The van der Waals surface area contributed by atoms with Gasteiger partial charge < -0.3 is 14.0 Å².